The average molecular weight is 260 g/mol. The molecule has 0 aliphatic carbocycles. The minimum atomic E-state index is -0.0198. The first-order valence-corrected chi connectivity index (χ1v) is 6.38. The van der Waals surface area contributed by atoms with Crippen LogP contribution in [0.5, 0.6) is 5.75 Å². The van der Waals surface area contributed by atoms with Crippen LogP contribution in [-0.2, 0) is 0 Å². The zero-order valence-electron chi connectivity index (χ0n) is 9.84. The van der Waals surface area contributed by atoms with E-state index < -0.39 is 0 Å². The number of fused-ring (bicyclic) bond motifs is 1. The molecule has 18 heavy (non-hydrogen) atoms. The lowest BCUT2D eigenvalue weighted by Gasteiger charge is -2.30. The van der Waals surface area contributed by atoms with Crippen molar-refractivity contribution in [1.82, 2.24) is 0 Å². The van der Waals surface area contributed by atoms with E-state index >= 15 is 0 Å². The van der Waals surface area contributed by atoms with E-state index in [0.29, 0.717) is 0 Å². The summed E-state index contributed by atoms with van der Waals surface area (Å²) in [5.74, 6) is 0.876. The van der Waals surface area contributed by atoms with Gasteiger partial charge in [0.05, 0.1) is 0 Å². The van der Waals surface area contributed by atoms with Crippen LogP contribution >= 0.6 is 11.6 Å². The lowest BCUT2D eigenvalue weighted by Crippen LogP contribution is -2.24. The highest BCUT2D eigenvalue weighted by Gasteiger charge is 2.26. The van der Waals surface area contributed by atoms with Crippen molar-refractivity contribution in [1.29, 1.82) is 0 Å². The van der Waals surface area contributed by atoms with Crippen LogP contribution < -0.4 is 10.5 Å². The number of benzene rings is 2. The van der Waals surface area contributed by atoms with Crippen LogP contribution in [0.4, 0.5) is 0 Å². The maximum atomic E-state index is 6.20. The van der Waals surface area contributed by atoms with E-state index in [-0.39, 0.29) is 12.1 Å². The number of para-hydroxylation sites is 1. The zero-order valence-corrected chi connectivity index (χ0v) is 10.6. The van der Waals surface area contributed by atoms with Crippen molar-refractivity contribution in [3.8, 4) is 5.75 Å². The number of ether oxygens (including phenoxy) is 1. The van der Waals surface area contributed by atoms with Gasteiger partial charge in [-0.2, -0.15) is 0 Å². The van der Waals surface area contributed by atoms with Crippen molar-refractivity contribution in [2.75, 3.05) is 0 Å². The second-order valence-corrected chi connectivity index (χ2v) is 4.98. The Morgan fingerprint density at radius 2 is 1.94 bits per heavy atom. The van der Waals surface area contributed by atoms with Gasteiger partial charge in [-0.1, -0.05) is 41.9 Å². The predicted octanol–water partition coefficient (Wildman–Crippen LogP) is 3.86. The molecule has 2 aromatic carbocycles. The molecule has 0 spiro atoms. The Morgan fingerprint density at radius 3 is 2.78 bits per heavy atom. The van der Waals surface area contributed by atoms with Crippen LogP contribution in [0.3, 0.4) is 0 Å². The highest BCUT2D eigenvalue weighted by Crippen LogP contribution is 2.39. The number of rotatable bonds is 1. The molecule has 1 aliphatic rings. The summed E-state index contributed by atoms with van der Waals surface area (Å²) < 4.78 is 6.00. The predicted molar refractivity (Wildman–Crippen MR) is 72.8 cm³/mol. The van der Waals surface area contributed by atoms with Crippen molar-refractivity contribution >= 4 is 11.6 Å². The van der Waals surface area contributed by atoms with Gasteiger partial charge in [-0.05, 0) is 23.8 Å². The van der Waals surface area contributed by atoms with Crippen molar-refractivity contribution in [2.24, 2.45) is 5.73 Å². The standard InChI is InChI=1S/C15H14ClNO/c16-11-5-3-4-10(8-11)15-9-13(17)12-6-1-2-7-14(12)18-15/h1-8,13,15H,9,17H2/t13-,15?/m0/s1. The Labute approximate surface area is 111 Å². The lowest BCUT2D eigenvalue weighted by molar-refractivity contribution is 0.161. The average Bonchev–Trinajstić information content (AvgIpc) is 2.39. The molecule has 1 heterocycles. The summed E-state index contributed by atoms with van der Waals surface area (Å²) in [6.45, 7) is 0. The summed E-state index contributed by atoms with van der Waals surface area (Å²) in [4.78, 5) is 0. The molecule has 3 rings (SSSR count). The fourth-order valence-corrected chi connectivity index (χ4v) is 2.56. The first-order valence-electron chi connectivity index (χ1n) is 6.00. The minimum Gasteiger partial charge on any atom is -0.485 e. The molecule has 0 aromatic heterocycles. The van der Waals surface area contributed by atoms with Crippen LogP contribution in [0.25, 0.3) is 0 Å². The molecular formula is C15H14ClNO. The van der Waals surface area contributed by atoms with Crippen molar-refractivity contribution in [3.63, 3.8) is 0 Å². The molecule has 2 nitrogen and oxygen atoms in total. The van der Waals surface area contributed by atoms with E-state index in [1.165, 1.54) is 0 Å². The van der Waals surface area contributed by atoms with E-state index in [4.69, 9.17) is 22.1 Å². The van der Waals surface area contributed by atoms with E-state index in [1.807, 2.05) is 48.5 Å². The van der Waals surface area contributed by atoms with Gasteiger partial charge in [0.15, 0.2) is 0 Å². The van der Waals surface area contributed by atoms with Gasteiger partial charge in [0, 0.05) is 23.0 Å². The Hall–Kier alpha value is -1.51. The number of hydrogen-bond acceptors (Lipinski definition) is 2. The highest BCUT2D eigenvalue weighted by atomic mass is 35.5. The van der Waals surface area contributed by atoms with Gasteiger partial charge in [-0.25, -0.2) is 0 Å². The molecule has 0 saturated heterocycles. The number of halogens is 1. The topological polar surface area (TPSA) is 35.2 Å². The normalized spacial score (nSPS) is 22.1. The van der Waals surface area contributed by atoms with Crippen LogP contribution in [0.2, 0.25) is 5.02 Å². The zero-order chi connectivity index (χ0) is 12.5. The summed E-state index contributed by atoms with van der Waals surface area (Å²) >= 11 is 6.01. The first-order chi connectivity index (χ1) is 8.74. The van der Waals surface area contributed by atoms with Crippen LogP contribution in [-0.4, -0.2) is 0 Å². The lowest BCUT2D eigenvalue weighted by atomic mass is 9.94. The second kappa shape index (κ2) is 4.63. The molecule has 2 atom stereocenters. The van der Waals surface area contributed by atoms with Gasteiger partial charge in [0.2, 0.25) is 0 Å². The van der Waals surface area contributed by atoms with Gasteiger partial charge in [0.1, 0.15) is 11.9 Å². The third-order valence-corrected chi connectivity index (χ3v) is 3.51. The minimum absolute atomic E-state index is 0.0129. The van der Waals surface area contributed by atoms with Crippen molar-refractivity contribution < 1.29 is 4.74 Å². The molecule has 92 valence electrons. The van der Waals surface area contributed by atoms with Crippen molar-refractivity contribution in [2.45, 2.75) is 18.6 Å². The van der Waals surface area contributed by atoms with Crippen molar-refractivity contribution in [3.05, 3.63) is 64.7 Å². The van der Waals surface area contributed by atoms with Gasteiger partial charge in [-0.3, -0.25) is 0 Å². The molecule has 0 radical (unpaired) electrons. The molecule has 0 fully saturated rings. The molecule has 1 aliphatic heterocycles. The van der Waals surface area contributed by atoms with Crippen LogP contribution in [0, 0.1) is 0 Å². The molecule has 1 unspecified atom stereocenters. The SMILES string of the molecule is N[C@H]1CC(c2cccc(Cl)c2)Oc2ccccc21. The summed E-state index contributed by atoms with van der Waals surface area (Å²) in [5.41, 5.74) is 8.35. The summed E-state index contributed by atoms with van der Waals surface area (Å²) in [6, 6.07) is 15.7. The van der Waals surface area contributed by atoms with E-state index in [1.54, 1.807) is 0 Å². The largest absolute Gasteiger partial charge is 0.485 e. The molecule has 2 aromatic rings. The molecular weight excluding hydrogens is 246 g/mol. The number of nitrogens with two attached hydrogens (primary N) is 1. The maximum Gasteiger partial charge on any atom is 0.126 e. The smallest absolute Gasteiger partial charge is 0.126 e. The maximum absolute atomic E-state index is 6.20. The highest BCUT2D eigenvalue weighted by molar-refractivity contribution is 6.30. The van der Waals surface area contributed by atoms with Gasteiger partial charge in [-0.15, -0.1) is 0 Å². The molecule has 0 bridgehead atoms. The monoisotopic (exact) mass is 259 g/mol. The van der Waals surface area contributed by atoms with E-state index in [9.17, 15) is 0 Å². The summed E-state index contributed by atoms with van der Waals surface area (Å²) in [6.07, 6.45) is 0.755. The third kappa shape index (κ3) is 2.09. The summed E-state index contributed by atoms with van der Waals surface area (Å²) in [7, 11) is 0. The van der Waals surface area contributed by atoms with E-state index in [2.05, 4.69) is 0 Å². The number of hydrogen-bond donors (Lipinski definition) is 1. The van der Waals surface area contributed by atoms with Gasteiger partial charge >= 0.3 is 0 Å². The van der Waals surface area contributed by atoms with Crippen LogP contribution in [0.1, 0.15) is 29.7 Å². The molecule has 2 N–H and O–H groups in total. The Balaban J connectivity index is 1.94. The quantitative estimate of drug-likeness (QED) is 0.844. The Kier molecular flexibility index (Phi) is 2.98. The van der Waals surface area contributed by atoms with Gasteiger partial charge in [0.25, 0.3) is 0 Å². The molecule has 0 saturated carbocycles. The Bertz CT molecular complexity index is 570. The molecule has 0 amide bonds. The third-order valence-electron chi connectivity index (χ3n) is 3.28. The first kappa shape index (κ1) is 11.6. The fraction of sp³-hybridized carbons (Fsp3) is 0.200. The van der Waals surface area contributed by atoms with Gasteiger partial charge < -0.3 is 10.5 Å². The fourth-order valence-electron chi connectivity index (χ4n) is 2.36. The van der Waals surface area contributed by atoms with Crippen LogP contribution in [0.15, 0.2) is 48.5 Å². The van der Waals surface area contributed by atoms with E-state index in [0.717, 1.165) is 28.3 Å². The summed E-state index contributed by atoms with van der Waals surface area (Å²) in [5, 5.41) is 0.725. The second-order valence-electron chi connectivity index (χ2n) is 4.54. The molecule has 3 heteroatoms. The Morgan fingerprint density at radius 1 is 1.11 bits per heavy atom.